The van der Waals surface area contributed by atoms with Gasteiger partial charge >= 0.3 is 0 Å². The van der Waals surface area contributed by atoms with Crippen molar-refractivity contribution >= 4 is 5.65 Å². The molecule has 0 aliphatic carbocycles. The van der Waals surface area contributed by atoms with Crippen molar-refractivity contribution < 1.29 is 0 Å². The second kappa shape index (κ2) is 4.90. The second-order valence-electron chi connectivity index (χ2n) is 4.79. The first-order valence-electron chi connectivity index (χ1n) is 6.50. The first-order chi connectivity index (χ1) is 9.66. The summed E-state index contributed by atoms with van der Waals surface area (Å²) in [6.45, 7) is 1.89. The molecule has 20 heavy (non-hydrogen) atoms. The average molecular weight is 265 g/mol. The summed E-state index contributed by atoms with van der Waals surface area (Å²) in [5.41, 5.74) is 8.94. The van der Waals surface area contributed by atoms with Gasteiger partial charge in [0.15, 0.2) is 0 Å². The molecular formula is C16H15N3O. The molecule has 0 amide bonds. The maximum absolute atomic E-state index is 12.2. The Morgan fingerprint density at radius 2 is 1.90 bits per heavy atom. The molecule has 2 heterocycles. The molecule has 0 radical (unpaired) electrons. The van der Waals surface area contributed by atoms with Gasteiger partial charge < -0.3 is 5.73 Å². The monoisotopic (exact) mass is 265 g/mol. The van der Waals surface area contributed by atoms with Crippen LogP contribution in [0, 0.1) is 0 Å². The van der Waals surface area contributed by atoms with Crippen LogP contribution in [0.1, 0.15) is 18.5 Å². The number of aromatic nitrogens is 2. The molecule has 3 aromatic rings. The van der Waals surface area contributed by atoms with Crippen molar-refractivity contribution in [1.82, 2.24) is 9.38 Å². The van der Waals surface area contributed by atoms with Gasteiger partial charge in [-0.25, -0.2) is 4.98 Å². The largest absolute Gasteiger partial charge is 0.324 e. The maximum Gasteiger partial charge on any atom is 0.258 e. The fourth-order valence-corrected chi connectivity index (χ4v) is 2.26. The second-order valence-corrected chi connectivity index (χ2v) is 4.79. The van der Waals surface area contributed by atoms with E-state index in [9.17, 15) is 4.79 Å². The molecule has 2 aromatic heterocycles. The van der Waals surface area contributed by atoms with Crippen LogP contribution in [-0.4, -0.2) is 9.38 Å². The molecule has 1 aromatic carbocycles. The SMILES string of the molecule is CC(N)c1cccn2c(=O)cc(-c3ccccc3)nc12. The highest BCUT2D eigenvalue weighted by Crippen LogP contribution is 2.19. The van der Waals surface area contributed by atoms with Crippen molar-refractivity contribution in [3.05, 3.63) is 70.6 Å². The van der Waals surface area contributed by atoms with Crippen molar-refractivity contribution in [1.29, 1.82) is 0 Å². The van der Waals surface area contributed by atoms with Crippen LogP contribution in [0.2, 0.25) is 0 Å². The van der Waals surface area contributed by atoms with Gasteiger partial charge in [-0.3, -0.25) is 9.20 Å². The fraction of sp³-hybridized carbons (Fsp3) is 0.125. The van der Waals surface area contributed by atoms with Crippen LogP contribution in [0.15, 0.2) is 59.5 Å². The topological polar surface area (TPSA) is 60.4 Å². The Labute approximate surface area is 116 Å². The molecule has 0 spiro atoms. The minimum atomic E-state index is -0.177. The molecule has 4 heteroatoms. The minimum Gasteiger partial charge on any atom is -0.324 e. The summed E-state index contributed by atoms with van der Waals surface area (Å²) in [7, 11) is 0. The predicted molar refractivity (Wildman–Crippen MR) is 79.5 cm³/mol. The summed E-state index contributed by atoms with van der Waals surface area (Å²) in [5, 5.41) is 0. The lowest BCUT2D eigenvalue weighted by atomic mass is 10.1. The molecule has 3 rings (SSSR count). The summed E-state index contributed by atoms with van der Waals surface area (Å²) in [6.07, 6.45) is 1.71. The fourth-order valence-electron chi connectivity index (χ4n) is 2.26. The summed E-state index contributed by atoms with van der Waals surface area (Å²) < 4.78 is 1.53. The van der Waals surface area contributed by atoms with Crippen molar-refractivity contribution in [2.45, 2.75) is 13.0 Å². The van der Waals surface area contributed by atoms with E-state index in [2.05, 4.69) is 4.98 Å². The van der Waals surface area contributed by atoms with Gasteiger partial charge in [-0.2, -0.15) is 0 Å². The van der Waals surface area contributed by atoms with Crippen LogP contribution in [0.5, 0.6) is 0 Å². The van der Waals surface area contributed by atoms with E-state index < -0.39 is 0 Å². The first kappa shape index (κ1) is 12.6. The minimum absolute atomic E-state index is 0.101. The molecule has 0 saturated heterocycles. The van der Waals surface area contributed by atoms with Crippen LogP contribution >= 0.6 is 0 Å². The third kappa shape index (κ3) is 2.10. The molecular weight excluding hydrogens is 250 g/mol. The number of rotatable bonds is 2. The van der Waals surface area contributed by atoms with Crippen LogP contribution in [0.4, 0.5) is 0 Å². The highest BCUT2D eigenvalue weighted by atomic mass is 16.1. The van der Waals surface area contributed by atoms with Gasteiger partial charge in [0.25, 0.3) is 5.56 Å². The third-order valence-electron chi connectivity index (χ3n) is 3.28. The van der Waals surface area contributed by atoms with Crippen LogP contribution in [0.3, 0.4) is 0 Å². The lowest BCUT2D eigenvalue weighted by Crippen LogP contribution is -2.17. The van der Waals surface area contributed by atoms with Gasteiger partial charge in [-0.1, -0.05) is 36.4 Å². The Morgan fingerprint density at radius 3 is 2.60 bits per heavy atom. The van der Waals surface area contributed by atoms with Crippen molar-refractivity contribution in [2.24, 2.45) is 5.73 Å². The number of hydrogen-bond acceptors (Lipinski definition) is 3. The molecule has 2 N–H and O–H groups in total. The maximum atomic E-state index is 12.2. The van der Waals surface area contributed by atoms with Crippen LogP contribution < -0.4 is 11.3 Å². The van der Waals surface area contributed by atoms with Crippen molar-refractivity contribution in [3.63, 3.8) is 0 Å². The zero-order valence-corrected chi connectivity index (χ0v) is 11.2. The van der Waals surface area contributed by atoms with E-state index >= 15 is 0 Å². The number of nitrogens with zero attached hydrogens (tertiary/aromatic N) is 2. The van der Waals surface area contributed by atoms with Gasteiger partial charge in [0.05, 0.1) is 5.69 Å². The van der Waals surface area contributed by atoms with E-state index in [1.165, 1.54) is 4.40 Å². The van der Waals surface area contributed by atoms with E-state index in [-0.39, 0.29) is 11.6 Å². The normalized spacial score (nSPS) is 12.5. The first-order valence-corrected chi connectivity index (χ1v) is 6.50. The van der Waals surface area contributed by atoms with E-state index in [0.717, 1.165) is 11.1 Å². The van der Waals surface area contributed by atoms with Gasteiger partial charge in [-0.05, 0) is 13.0 Å². The predicted octanol–water partition coefficient (Wildman–Crippen LogP) is 2.38. The number of benzene rings is 1. The molecule has 0 aliphatic rings. The quantitative estimate of drug-likeness (QED) is 0.774. The van der Waals surface area contributed by atoms with Crippen LogP contribution in [0.25, 0.3) is 16.9 Å². The summed E-state index contributed by atoms with van der Waals surface area (Å²) in [4.78, 5) is 16.8. The molecule has 0 saturated carbocycles. The van der Waals surface area contributed by atoms with Crippen molar-refractivity contribution in [3.8, 4) is 11.3 Å². The Hall–Kier alpha value is -2.46. The lowest BCUT2D eigenvalue weighted by Gasteiger charge is -2.11. The van der Waals surface area contributed by atoms with E-state index in [4.69, 9.17) is 5.73 Å². The number of fused-ring (bicyclic) bond motifs is 1. The smallest absolute Gasteiger partial charge is 0.258 e. The van der Waals surface area contributed by atoms with E-state index in [0.29, 0.717) is 11.3 Å². The zero-order chi connectivity index (χ0) is 14.1. The molecule has 1 atom stereocenters. The number of hydrogen-bond donors (Lipinski definition) is 1. The summed E-state index contributed by atoms with van der Waals surface area (Å²) in [6, 6.07) is 14.8. The Balaban J connectivity index is 2.33. The summed E-state index contributed by atoms with van der Waals surface area (Å²) >= 11 is 0. The van der Waals surface area contributed by atoms with Gasteiger partial charge in [-0.15, -0.1) is 0 Å². The Bertz CT molecular complexity index is 807. The Kier molecular flexibility index (Phi) is 3.08. The molecule has 4 nitrogen and oxygen atoms in total. The van der Waals surface area contributed by atoms with E-state index in [1.807, 2.05) is 49.4 Å². The molecule has 1 unspecified atom stereocenters. The third-order valence-corrected chi connectivity index (χ3v) is 3.28. The highest BCUT2D eigenvalue weighted by Gasteiger charge is 2.10. The zero-order valence-electron chi connectivity index (χ0n) is 11.2. The standard InChI is InChI=1S/C16H15N3O/c1-11(17)13-8-5-9-19-15(20)10-14(18-16(13)19)12-6-3-2-4-7-12/h2-11H,17H2,1H3. The molecule has 0 bridgehead atoms. The average Bonchev–Trinajstić information content (AvgIpc) is 2.47. The Morgan fingerprint density at radius 1 is 1.15 bits per heavy atom. The van der Waals surface area contributed by atoms with Crippen molar-refractivity contribution in [2.75, 3.05) is 0 Å². The van der Waals surface area contributed by atoms with Crippen LogP contribution in [-0.2, 0) is 0 Å². The molecule has 0 fully saturated rings. The molecule has 100 valence electrons. The highest BCUT2D eigenvalue weighted by molar-refractivity contribution is 5.62. The van der Waals surface area contributed by atoms with Gasteiger partial charge in [0.2, 0.25) is 0 Å². The number of pyridine rings is 1. The lowest BCUT2D eigenvalue weighted by molar-refractivity contribution is 0.811. The van der Waals surface area contributed by atoms with Gasteiger partial charge in [0, 0.05) is 29.4 Å². The van der Waals surface area contributed by atoms with Gasteiger partial charge in [0.1, 0.15) is 5.65 Å². The number of nitrogens with two attached hydrogens (primary N) is 1. The summed E-state index contributed by atoms with van der Waals surface area (Å²) in [5.74, 6) is 0. The molecule has 0 aliphatic heterocycles. The van der Waals surface area contributed by atoms with E-state index in [1.54, 1.807) is 12.3 Å².